The van der Waals surface area contributed by atoms with Crippen LogP contribution in [0.2, 0.25) is 0 Å². The number of rotatable bonds is 8. The maximum absolute atomic E-state index is 12.9. The van der Waals surface area contributed by atoms with Crippen molar-refractivity contribution in [1.82, 2.24) is 10.2 Å². The molecule has 0 saturated carbocycles. The summed E-state index contributed by atoms with van der Waals surface area (Å²) in [6.45, 7) is 7.28. The molecule has 1 aromatic heterocycles. The van der Waals surface area contributed by atoms with Crippen LogP contribution >= 0.6 is 0 Å². The largest absolute Gasteiger partial charge is 0.469 e. The molecule has 1 aromatic carbocycles. The summed E-state index contributed by atoms with van der Waals surface area (Å²) in [7, 11) is 1.37. The Kier molecular flexibility index (Phi) is 7.92. The highest BCUT2D eigenvalue weighted by atomic mass is 16.5. The highest BCUT2D eigenvalue weighted by molar-refractivity contribution is 5.95. The third-order valence-corrected chi connectivity index (χ3v) is 6.25. The summed E-state index contributed by atoms with van der Waals surface area (Å²) < 4.78 is 6.03. The van der Waals surface area contributed by atoms with Gasteiger partial charge in [0.05, 0.1) is 24.4 Å². The van der Waals surface area contributed by atoms with Crippen molar-refractivity contribution in [2.45, 2.75) is 32.2 Å². The molecule has 1 unspecified atom stereocenters. The third kappa shape index (κ3) is 6.25. The van der Waals surface area contributed by atoms with Crippen LogP contribution in [0.15, 0.2) is 61.2 Å². The molecule has 2 aromatic rings. The number of likely N-dealkylation sites (tertiary alicyclic amines) is 1. The van der Waals surface area contributed by atoms with Gasteiger partial charge in [-0.05, 0) is 55.9 Å². The summed E-state index contributed by atoms with van der Waals surface area (Å²) >= 11 is 0. The first-order valence-electron chi connectivity index (χ1n) is 11.2. The fourth-order valence-corrected chi connectivity index (χ4v) is 4.37. The maximum atomic E-state index is 12.9. The average molecular weight is 454 g/mol. The molecule has 1 aliphatic heterocycles. The summed E-state index contributed by atoms with van der Waals surface area (Å²) in [5.41, 5.74) is 8.05. The predicted molar refractivity (Wildman–Crippen MR) is 124 cm³/mol. The molecule has 176 valence electrons. The van der Waals surface area contributed by atoms with Crippen LogP contribution in [0, 0.1) is 11.8 Å². The number of hydrogen-bond acceptors (Lipinski definition) is 6. The highest BCUT2D eigenvalue weighted by Gasteiger charge is 2.32. The Bertz CT molecular complexity index is 992. The molecule has 0 bridgehead atoms. The number of amides is 1. The van der Waals surface area contributed by atoms with Gasteiger partial charge in [0.15, 0.2) is 0 Å². The second-order valence-corrected chi connectivity index (χ2v) is 8.62. The van der Waals surface area contributed by atoms with E-state index in [1.54, 1.807) is 24.4 Å². The molecule has 3 atom stereocenters. The van der Waals surface area contributed by atoms with Crippen LogP contribution in [0.4, 0.5) is 0 Å². The van der Waals surface area contributed by atoms with Gasteiger partial charge < -0.3 is 20.7 Å². The molecule has 0 radical (unpaired) electrons. The molecule has 1 aliphatic rings. The number of ether oxygens (including phenoxy) is 1. The highest BCUT2D eigenvalue weighted by Crippen LogP contribution is 2.27. The van der Waals surface area contributed by atoms with E-state index in [0.29, 0.717) is 17.8 Å². The van der Waals surface area contributed by atoms with Crippen LogP contribution in [0.1, 0.15) is 36.5 Å². The number of piperidine rings is 1. The molecule has 1 fully saturated rings. The van der Waals surface area contributed by atoms with Crippen molar-refractivity contribution in [2.24, 2.45) is 17.6 Å². The van der Waals surface area contributed by atoms with Crippen molar-refractivity contribution in [3.8, 4) is 11.1 Å². The molecule has 1 amide bonds. The molecular formula is C25H33N4O4+. The lowest BCUT2D eigenvalue weighted by atomic mass is 9.85. The maximum Gasteiger partial charge on any atom is 0.310 e. The zero-order valence-corrected chi connectivity index (χ0v) is 19.2. The minimum atomic E-state index is -0.460. The van der Waals surface area contributed by atoms with E-state index in [1.807, 2.05) is 30.0 Å². The Morgan fingerprint density at radius 3 is 2.67 bits per heavy atom. The van der Waals surface area contributed by atoms with Crippen molar-refractivity contribution in [2.75, 3.05) is 20.2 Å². The number of methoxy groups -OCH3 is 1. The molecule has 0 spiro atoms. The molecule has 8 heteroatoms. The van der Waals surface area contributed by atoms with Crippen LogP contribution < -0.4 is 15.8 Å². The smallest absolute Gasteiger partial charge is 0.310 e. The number of carbonyl (C=O) groups is 2. The fraction of sp³-hybridized carbons (Fsp3) is 0.400. The first-order chi connectivity index (χ1) is 15.8. The van der Waals surface area contributed by atoms with Crippen molar-refractivity contribution in [3.63, 3.8) is 0 Å². The van der Waals surface area contributed by atoms with E-state index in [-0.39, 0.29) is 17.8 Å². The van der Waals surface area contributed by atoms with E-state index in [2.05, 4.69) is 11.9 Å². The van der Waals surface area contributed by atoms with Crippen molar-refractivity contribution in [1.29, 1.82) is 0 Å². The Balaban J connectivity index is 1.66. The predicted octanol–water partition coefficient (Wildman–Crippen LogP) is 2.32. The van der Waals surface area contributed by atoms with Crippen LogP contribution in [-0.2, 0) is 9.53 Å². The van der Waals surface area contributed by atoms with Crippen LogP contribution in [0.25, 0.3) is 11.1 Å². The minimum Gasteiger partial charge on any atom is -0.469 e. The van der Waals surface area contributed by atoms with Crippen molar-refractivity contribution in [3.05, 3.63) is 66.8 Å². The molecule has 3 rings (SSSR count). The topological polar surface area (TPSA) is 109 Å². The molecular weight excluding hydrogens is 420 g/mol. The van der Waals surface area contributed by atoms with Gasteiger partial charge in [-0.15, -0.1) is 0 Å². The Morgan fingerprint density at radius 2 is 2.03 bits per heavy atom. The number of hydrogen-bond donors (Lipinski definition) is 3. The molecule has 33 heavy (non-hydrogen) atoms. The number of carbonyl (C=O) groups excluding carboxylic acids is 2. The zero-order valence-electron chi connectivity index (χ0n) is 19.2. The Hall–Kier alpha value is -3.55. The van der Waals surface area contributed by atoms with Gasteiger partial charge in [0.1, 0.15) is 0 Å². The standard InChI is InChI=1S/C25H32N4O4/c1-17(23(25(31)33-3)14-19-6-4-12-28(15-19)18(2)26)27-24(30)21-10-8-20(9-11-21)22-7-5-13-29(32)16-22/h5,7-11,13,16-17,19,23H,2,4,6,12,14-15,26H2,1,3H3,(H-,27,30,32)/p+1/t17-,19?,23-/m1/s1. The Labute approximate surface area is 194 Å². The quantitative estimate of drug-likeness (QED) is 0.322. The first kappa shape index (κ1) is 24.1. The SMILES string of the molecule is C=C(N)N1CCCC(C[C@@H](C(=O)OC)[C@@H](C)NC(=O)c2ccc(-c3ccc[n+](O)c3)cc2)C1. The number of pyridine rings is 1. The van der Waals surface area contributed by atoms with Crippen molar-refractivity contribution < 1.29 is 24.3 Å². The number of nitrogens with two attached hydrogens (primary N) is 1. The van der Waals surface area contributed by atoms with Crippen LogP contribution in [0.3, 0.4) is 0 Å². The van der Waals surface area contributed by atoms with Gasteiger partial charge >= 0.3 is 5.97 Å². The number of esters is 1. The number of benzene rings is 1. The van der Waals surface area contributed by atoms with Gasteiger partial charge in [0.25, 0.3) is 5.91 Å². The van der Waals surface area contributed by atoms with Gasteiger partial charge in [0.2, 0.25) is 12.4 Å². The summed E-state index contributed by atoms with van der Waals surface area (Å²) in [4.78, 5) is 27.4. The van der Waals surface area contributed by atoms with Gasteiger partial charge in [0, 0.05) is 35.5 Å². The lowest BCUT2D eigenvalue weighted by Crippen LogP contribution is -2.44. The van der Waals surface area contributed by atoms with E-state index in [4.69, 9.17) is 10.5 Å². The van der Waals surface area contributed by atoms with Crippen LogP contribution in [0.5, 0.6) is 0 Å². The second kappa shape index (κ2) is 10.8. The van der Waals surface area contributed by atoms with E-state index in [1.165, 1.54) is 13.3 Å². The summed E-state index contributed by atoms with van der Waals surface area (Å²) in [5, 5.41) is 12.6. The summed E-state index contributed by atoms with van der Waals surface area (Å²) in [6, 6.07) is 10.3. The summed E-state index contributed by atoms with van der Waals surface area (Å²) in [5.74, 6) is -0.235. The number of aromatic nitrogens is 1. The van der Waals surface area contributed by atoms with E-state index >= 15 is 0 Å². The average Bonchev–Trinajstić information content (AvgIpc) is 2.82. The summed E-state index contributed by atoms with van der Waals surface area (Å²) in [6.07, 6.45) is 5.70. The van der Waals surface area contributed by atoms with Gasteiger partial charge in [-0.25, -0.2) is 0 Å². The third-order valence-electron chi connectivity index (χ3n) is 6.25. The number of nitrogens with one attached hydrogen (secondary N) is 1. The fourth-order valence-electron chi connectivity index (χ4n) is 4.37. The lowest BCUT2D eigenvalue weighted by molar-refractivity contribution is -0.904. The Morgan fingerprint density at radius 1 is 1.30 bits per heavy atom. The second-order valence-electron chi connectivity index (χ2n) is 8.62. The zero-order chi connectivity index (χ0) is 24.0. The normalized spacial score (nSPS) is 17.6. The van der Waals surface area contributed by atoms with E-state index in [0.717, 1.165) is 41.8 Å². The molecule has 2 heterocycles. The van der Waals surface area contributed by atoms with E-state index in [9.17, 15) is 14.8 Å². The van der Waals surface area contributed by atoms with Gasteiger partial charge in [-0.3, -0.25) is 14.8 Å². The molecule has 8 nitrogen and oxygen atoms in total. The van der Waals surface area contributed by atoms with Crippen LogP contribution in [-0.4, -0.2) is 48.2 Å². The van der Waals surface area contributed by atoms with E-state index < -0.39 is 12.0 Å². The first-order valence-corrected chi connectivity index (χ1v) is 11.2. The lowest BCUT2D eigenvalue weighted by Gasteiger charge is -2.36. The number of nitrogens with zero attached hydrogens (tertiary/aromatic N) is 2. The van der Waals surface area contributed by atoms with Gasteiger partial charge in [-0.1, -0.05) is 18.7 Å². The van der Waals surface area contributed by atoms with Gasteiger partial charge in [-0.2, -0.15) is 0 Å². The van der Waals surface area contributed by atoms with Crippen molar-refractivity contribution >= 4 is 11.9 Å². The molecule has 1 saturated heterocycles. The monoisotopic (exact) mass is 453 g/mol. The minimum absolute atomic E-state index is 0.256. The molecule has 0 aliphatic carbocycles. The molecule has 4 N–H and O–H groups in total.